The summed E-state index contributed by atoms with van der Waals surface area (Å²) in [5, 5.41) is 9.53. The van der Waals surface area contributed by atoms with Crippen molar-refractivity contribution in [2.45, 2.75) is 24.7 Å². The minimum atomic E-state index is -3.96. The van der Waals surface area contributed by atoms with E-state index in [1.807, 2.05) is 6.92 Å². The van der Waals surface area contributed by atoms with Gasteiger partial charge in [-0.25, -0.2) is 18.2 Å². The van der Waals surface area contributed by atoms with Gasteiger partial charge in [0.25, 0.3) is 10.0 Å². The molecule has 26 heavy (non-hydrogen) atoms. The van der Waals surface area contributed by atoms with Crippen LogP contribution < -0.4 is 9.62 Å². The van der Waals surface area contributed by atoms with Crippen LogP contribution >= 0.6 is 11.6 Å². The number of halogens is 1. The molecular weight excluding hydrogens is 378 g/mol. The first-order valence-electron chi connectivity index (χ1n) is 7.98. The van der Waals surface area contributed by atoms with E-state index in [0.29, 0.717) is 6.54 Å². The van der Waals surface area contributed by atoms with E-state index in [0.717, 1.165) is 12.8 Å². The number of sulfonamides is 1. The molecule has 9 heteroatoms. The smallest absolute Gasteiger partial charge is 0.339 e. The lowest BCUT2D eigenvalue weighted by atomic mass is 10.2. The number of carboxylic acids is 1. The first-order chi connectivity index (χ1) is 12.3. The molecule has 1 heterocycles. The fraction of sp³-hybridized carbons (Fsp3) is 0.294. The van der Waals surface area contributed by atoms with Gasteiger partial charge in [-0.1, -0.05) is 37.1 Å². The topological polar surface area (TPSA) is 99.6 Å². The Balaban J connectivity index is 2.35. The number of anilines is 2. The highest BCUT2D eigenvalue weighted by atomic mass is 35.5. The van der Waals surface area contributed by atoms with Gasteiger partial charge in [-0.2, -0.15) is 0 Å². The zero-order chi connectivity index (χ0) is 19.3. The molecule has 0 aliphatic heterocycles. The minimum absolute atomic E-state index is 0.0509. The summed E-state index contributed by atoms with van der Waals surface area (Å²) in [5.41, 5.74) is -0.0297. The molecule has 0 aliphatic rings. The lowest BCUT2D eigenvalue weighted by Crippen LogP contribution is -2.23. The summed E-state index contributed by atoms with van der Waals surface area (Å²) in [6.45, 7) is 2.68. The quantitative estimate of drug-likeness (QED) is 0.707. The first-order valence-corrected chi connectivity index (χ1v) is 9.84. The third-order valence-corrected chi connectivity index (χ3v) is 5.57. The number of hydrogen-bond acceptors (Lipinski definition) is 5. The summed E-state index contributed by atoms with van der Waals surface area (Å²) < 4.78 is 27.3. The number of nitrogens with zero attached hydrogens (tertiary/aromatic N) is 2. The van der Waals surface area contributed by atoms with Gasteiger partial charge in [-0.15, -0.1) is 0 Å². The van der Waals surface area contributed by atoms with Gasteiger partial charge in [0.1, 0.15) is 16.3 Å². The van der Waals surface area contributed by atoms with Crippen molar-refractivity contribution >= 4 is 39.1 Å². The van der Waals surface area contributed by atoms with Crippen LogP contribution in [0.1, 0.15) is 30.1 Å². The number of benzene rings is 1. The zero-order valence-corrected chi connectivity index (χ0v) is 16.0. The molecule has 2 aromatic rings. The predicted molar refractivity (Wildman–Crippen MR) is 102 cm³/mol. The van der Waals surface area contributed by atoms with Crippen molar-refractivity contribution in [1.82, 2.24) is 4.98 Å². The fourth-order valence-electron chi connectivity index (χ4n) is 2.35. The number of unbranched alkanes of at least 4 members (excludes halogenated alkanes) is 1. The molecule has 2 rings (SSSR count). The molecule has 0 amide bonds. The van der Waals surface area contributed by atoms with Crippen molar-refractivity contribution < 1.29 is 18.3 Å². The molecule has 1 aromatic heterocycles. The normalized spacial score (nSPS) is 11.2. The molecule has 7 nitrogen and oxygen atoms in total. The number of nitrogens with one attached hydrogen (secondary N) is 1. The molecule has 0 aliphatic carbocycles. The van der Waals surface area contributed by atoms with E-state index in [4.69, 9.17) is 11.6 Å². The molecule has 0 fully saturated rings. The molecule has 0 saturated carbocycles. The van der Waals surface area contributed by atoms with Crippen molar-refractivity contribution in [3.63, 3.8) is 0 Å². The maximum Gasteiger partial charge on any atom is 0.339 e. The van der Waals surface area contributed by atoms with Gasteiger partial charge in [-0.05, 0) is 24.6 Å². The Labute approximate surface area is 157 Å². The Morgan fingerprint density at radius 2 is 2.04 bits per heavy atom. The second-order valence-electron chi connectivity index (χ2n) is 5.71. The molecule has 0 radical (unpaired) electrons. The maximum absolute atomic E-state index is 12.5. The van der Waals surface area contributed by atoms with E-state index < -0.39 is 16.0 Å². The summed E-state index contributed by atoms with van der Waals surface area (Å²) in [6.07, 6.45) is 3.14. The summed E-state index contributed by atoms with van der Waals surface area (Å²) in [5.74, 6) is -0.902. The van der Waals surface area contributed by atoms with E-state index in [1.54, 1.807) is 24.1 Å². The van der Waals surface area contributed by atoms with Crippen molar-refractivity contribution in [3.05, 3.63) is 47.1 Å². The molecule has 1 aromatic carbocycles. The predicted octanol–water partition coefficient (Wildman–Crippen LogP) is 3.47. The highest BCUT2D eigenvalue weighted by Gasteiger charge is 2.21. The maximum atomic E-state index is 12.5. The van der Waals surface area contributed by atoms with Crippen LogP contribution in [0.25, 0.3) is 0 Å². The first kappa shape index (κ1) is 20.0. The summed E-state index contributed by atoms with van der Waals surface area (Å²) in [7, 11) is -2.21. The Bertz CT molecular complexity index is 903. The molecule has 0 bridgehead atoms. The molecule has 2 N–H and O–H groups in total. The molecular formula is C17H20ClN3O4S. The van der Waals surface area contributed by atoms with Crippen molar-refractivity contribution in [1.29, 1.82) is 0 Å². The lowest BCUT2D eigenvalue weighted by Gasteiger charge is -2.20. The molecule has 140 valence electrons. The molecule has 0 saturated heterocycles. The van der Waals surface area contributed by atoms with E-state index in [9.17, 15) is 18.3 Å². The van der Waals surface area contributed by atoms with E-state index in [2.05, 4.69) is 9.71 Å². The average molecular weight is 398 g/mol. The van der Waals surface area contributed by atoms with Crippen molar-refractivity contribution in [2.75, 3.05) is 23.2 Å². The zero-order valence-electron chi connectivity index (χ0n) is 14.4. The standard InChI is InChI=1S/C17H20ClN3O4S/c1-3-4-9-21(2)16-13(17(22)23)10-12(11-19-16)20-26(24,25)15-8-6-5-7-14(15)18/h5-8,10-11,20H,3-4,9H2,1-2H3,(H,22,23). The summed E-state index contributed by atoms with van der Waals surface area (Å²) in [4.78, 5) is 17.4. The third kappa shape index (κ3) is 4.64. The summed E-state index contributed by atoms with van der Waals surface area (Å²) >= 11 is 5.94. The molecule has 0 spiro atoms. The average Bonchev–Trinajstić information content (AvgIpc) is 2.59. The third-order valence-electron chi connectivity index (χ3n) is 3.68. The second kappa shape index (κ2) is 8.37. The number of carbonyl (C=O) groups is 1. The van der Waals surface area contributed by atoms with Crippen LogP contribution in [0, 0.1) is 0 Å². The van der Waals surface area contributed by atoms with Crippen LogP contribution in [0.4, 0.5) is 11.5 Å². The Kier molecular flexibility index (Phi) is 6.44. The van der Waals surface area contributed by atoms with Crippen LogP contribution in [0.3, 0.4) is 0 Å². The Hall–Kier alpha value is -2.32. The van der Waals surface area contributed by atoms with Gasteiger partial charge < -0.3 is 10.0 Å². The highest BCUT2D eigenvalue weighted by molar-refractivity contribution is 7.92. The minimum Gasteiger partial charge on any atom is -0.478 e. The van der Waals surface area contributed by atoms with Gasteiger partial charge in [0, 0.05) is 13.6 Å². The molecule has 0 atom stereocenters. The van der Waals surface area contributed by atoms with Gasteiger partial charge in [-0.3, -0.25) is 4.72 Å². The highest BCUT2D eigenvalue weighted by Crippen LogP contribution is 2.25. The van der Waals surface area contributed by atoms with Crippen LogP contribution in [0.2, 0.25) is 5.02 Å². The van der Waals surface area contributed by atoms with Gasteiger partial charge in [0.2, 0.25) is 0 Å². The lowest BCUT2D eigenvalue weighted by molar-refractivity contribution is 0.0697. The monoisotopic (exact) mass is 397 g/mol. The van der Waals surface area contributed by atoms with Gasteiger partial charge in [0.05, 0.1) is 16.9 Å². The molecule has 0 unspecified atom stereocenters. The number of rotatable bonds is 8. The number of aromatic nitrogens is 1. The number of aromatic carboxylic acids is 1. The van der Waals surface area contributed by atoms with Crippen LogP contribution in [-0.2, 0) is 10.0 Å². The second-order valence-corrected chi connectivity index (χ2v) is 7.77. The number of hydrogen-bond donors (Lipinski definition) is 2. The van der Waals surface area contributed by atoms with Crippen LogP contribution in [0.15, 0.2) is 41.4 Å². The Morgan fingerprint density at radius 1 is 1.35 bits per heavy atom. The fourth-order valence-corrected chi connectivity index (χ4v) is 3.90. The van der Waals surface area contributed by atoms with Crippen LogP contribution in [-0.4, -0.2) is 38.1 Å². The van der Waals surface area contributed by atoms with Crippen molar-refractivity contribution in [3.8, 4) is 0 Å². The SMILES string of the molecule is CCCCN(C)c1ncc(NS(=O)(=O)c2ccccc2Cl)cc1C(=O)O. The number of carboxylic acid groups (broad SMARTS) is 1. The van der Waals surface area contributed by atoms with Crippen molar-refractivity contribution in [2.24, 2.45) is 0 Å². The number of pyridine rings is 1. The largest absolute Gasteiger partial charge is 0.478 e. The van der Waals surface area contributed by atoms with Gasteiger partial charge in [0.15, 0.2) is 0 Å². The Morgan fingerprint density at radius 3 is 2.65 bits per heavy atom. The van der Waals surface area contributed by atoms with E-state index in [-0.39, 0.29) is 27.0 Å². The summed E-state index contributed by atoms with van der Waals surface area (Å²) in [6, 6.07) is 7.24. The van der Waals surface area contributed by atoms with E-state index >= 15 is 0 Å². The van der Waals surface area contributed by atoms with E-state index in [1.165, 1.54) is 24.4 Å². The van der Waals surface area contributed by atoms with Gasteiger partial charge >= 0.3 is 5.97 Å². The van der Waals surface area contributed by atoms with Crippen LogP contribution in [0.5, 0.6) is 0 Å².